The van der Waals surface area contributed by atoms with Crippen LogP contribution in [0.5, 0.6) is 0 Å². The molecular weight excluding hydrogens is 152 g/mol. The van der Waals surface area contributed by atoms with Crippen molar-refractivity contribution in [2.24, 2.45) is 0 Å². The molecule has 0 aliphatic carbocycles. The highest BCUT2D eigenvalue weighted by atomic mass is 16.1. The van der Waals surface area contributed by atoms with Gasteiger partial charge in [0.25, 0.3) is 0 Å². The first-order valence-electron chi connectivity index (χ1n) is 4.79. The van der Waals surface area contributed by atoms with E-state index >= 15 is 0 Å². The molecule has 0 N–H and O–H groups in total. The zero-order valence-electron chi connectivity index (χ0n) is 7.63. The summed E-state index contributed by atoms with van der Waals surface area (Å²) in [6.07, 6.45) is 10.1. The molecule has 0 radical (unpaired) electrons. The lowest BCUT2D eigenvalue weighted by Gasteiger charge is -1.97. The van der Waals surface area contributed by atoms with E-state index in [4.69, 9.17) is 0 Å². The van der Waals surface area contributed by atoms with Crippen LogP contribution < -0.4 is 0 Å². The van der Waals surface area contributed by atoms with Gasteiger partial charge in [-0.15, -0.1) is 0 Å². The third kappa shape index (κ3) is 9.34. The molecule has 0 fully saturated rings. The molecule has 70 valence electrons. The lowest BCUT2D eigenvalue weighted by atomic mass is 10.1. The molecule has 0 atom stereocenters. The van der Waals surface area contributed by atoms with Gasteiger partial charge in [0.1, 0.15) is 12.6 Å². The second kappa shape index (κ2) is 10.3. The predicted octanol–water partition coefficient (Wildman–Crippen LogP) is 2.51. The molecular formula is C10H18O2. The maximum Gasteiger partial charge on any atom is 0.119 e. The highest BCUT2D eigenvalue weighted by molar-refractivity contribution is 5.49. The second-order valence-electron chi connectivity index (χ2n) is 3.03. The molecule has 0 aliphatic heterocycles. The van der Waals surface area contributed by atoms with E-state index in [2.05, 4.69) is 0 Å². The summed E-state index contributed by atoms with van der Waals surface area (Å²) >= 11 is 0. The van der Waals surface area contributed by atoms with Gasteiger partial charge in [-0.05, 0) is 12.8 Å². The van der Waals surface area contributed by atoms with E-state index in [0.29, 0.717) is 12.8 Å². The van der Waals surface area contributed by atoms with Gasteiger partial charge in [-0.1, -0.05) is 25.7 Å². The summed E-state index contributed by atoms with van der Waals surface area (Å²) < 4.78 is 0. The van der Waals surface area contributed by atoms with Crippen molar-refractivity contribution in [3.05, 3.63) is 0 Å². The normalized spacial score (nSPS) is 9.67. The van der Waals surface area contributed by atoms with E-state index in [1.807, 2.05) is 0 Å². The van der Waals surface area contributed by atoms with Gasteiger partial charge in [0, 0.05) is 12.8 Å². The van der Waals surface area contributed by atoms with E-state index < -0.39 is 0 Å². The minimum Gasteiger partial charge on any atom is -0.303 e. The van der Waals surface area contributed by atoms with Crippen LogP contribution in [0, 0.1) is 0 Å². The van der Waals surface area contributed by atoms with Gasteiger partial charge in [0.2, 0.25) is 0 Å². The van der Waals surface area contributed by atoms with E-state index in [9.17, 15) is 9.59 Å². The van der Waals surface area contributed by atoms with Crippen molar-refractivity contribution in [1.29, 1.82) is 0 Å². The van der Waals surface area contributed by atoms with Crippen molar-refractivity contribution in [2.75, 3.05) is 0 Å². The molecule has 0 aromatic heterocycles. The second-order valence-corrected chi connectivity index (χ2v) is 3.03. The molecule has 0 unspecified atom stereocenters. The summed E-state index contributed by atoms with van der Waals surface area (Å²) in [7, 11) is 0. The topological polar surface area (TPSA) is 34.1 Å². The number of unbranched alkanes of at least 4 members (excludes halogenated alkanes) is 7. The minimum atomic E-state index is 0.703. The Kier molecular flexibility index (Phi) is 9.77. The Morgan fingerprint density at radius 2 is 0.917 bits per heavy atom. The Hall–Kier alpha value is -0.660. The van der Waals surface area contributed by atoms with Gasteiger partial charge < -0.3 is 9.59 Å². The Morgan fingerprint density at radius 1 is 0.583 bits per heavy atom. The molecule has 0 saturated heterocycles. The SMILES string of the molecule is O=CCCCCCCCCC=O. The van der Waals surface area contributed by atoms with Gasteiger partial charge in [0.05, 0.1) is 0 Å². The van der Waals surface area contributed by atoms with E-state index in [0.717, 1.165) is 38.3 Å². The molecule has 0 spiro atoms. The summed E-state index contributed by atoms with van der Waals surface area (Å²) in [5.41, 5.74) is 0. The van der Waals surface area contributed by atoms with E-state index in [1.165, 1.54) is 12.8 Å². The lowest BCUT2D eigenvalue weighted by Crippen LogP contribution is -1.81. The van der Waals surface area contributed by atoms with Crippen LogP contribution in [0.1, 0.15) is 51.4 Å². The monoisotopic (exact) mass is 170 g/mol. The maximum absolute atomic E-state index is 9.94. The number of hydrogen-bond acceptors (Lipinski definition) is 2. The van der Waals surface area contributed by atoms with Gasteiger partial charge in [-0.2, -0.15) is 0 Å². The zero-order valence-corrected chi connectivity index (χ0v) is 7.63. The quantitative estimate of drug-likeness (QED) is 0.393. The highest BCUT2D eigenvalue weighted by Gasteiger charge is 1.90. The smallest absolute Gasteiger partial charge is 0.119 e. The molecule has 12 heavy (non-hydrogen) atoms. The van der Waals surface area contributed by atoms with Crippen molar-refractivity contribution in [2.45, 2.75) is 51.4 Å². The van der Waals surface area contributed by atoms with Crippen LogP contribution in [0.2, 0.25) is 0 Å². The first kappa shape index (κ1) is 11.3. The largest absolute Gasteiger partial charge is 0.303 e. The van der Waals surface area contributed by atoms with Crippen LogP contribution in [0.3, 0.4) is 0 Å². The van der Waals surface area contributed by atoms with Crippen LogP contribution in [-0.2, 0) is 9.59 Å². The van der Waals surface area contributed by atoms with Crippen LogP contribution >= 0.6 is 0 Å². The first-order chi connectivity index (χ1) is 5.91. The van der Waals surface area contributed by atoms with Crippen molar-refractivity contribution in [1.82, 2.24) is 0 Å². The standard InChI is InChI=1S/C10H18O2/c11-9-7-5-3-1-2-4-6-8-10-12/h9-10H,1-8H2. The van der Waals surface area contributed by atoms with Crippen LogP contribution in [0.25, 0.3) is 0 Å². The fourth-order valence-electron chi connectivity index (χ4n) is 1.16. The molecule has 0 amide bonds. The summed E-state index contributed by atoms with van der Waals surface area (Å²) in [6, 6.07) is 0. The Morgan fingerprint density at radius 3 is 1.25 bits per heavy atom. The average Bonchev–Trinajstić information content (AvgIpc) is 2.10. The number of rotatable bonds is 9. The van der Waals surface area contributed by atoms with Crippen LogP contribution in [0.15, 0.2) is 0 Å². The molecule has 0 rings (SSSR count). The number of carbonyl (C=O) groups excluding carboxylic acids is 2. The Labute approximate surface area is 74.3 Å². The predicted molar refractivity (Wildman–Crippen MR) is 49.1 cm³/mol. The Balaban J connectivity index is 2.81. The van der Waals surface area contributed by atoms with Crippen LogP contribution in [0.4, 0.5) is 0 Å². The van der Waals surface area contributed by atoms with Crippen LogP contribution in [-0.4, -0.2) is 12.6 Å². The van der Waals surface area contributed by atoms with E-state index in [1.54, 1.807) is 0 Å². The average molecular weight is 170 g/mol. The van der Waals surface area contributed by atoms with Gasteiger partial charge >= 0.3 is 0 Å². The van der Waals surface area contributed by atoms with Gasteiger partial charge in [-0.25, -0.2) is 0 Å². The molecule has 0 aromatic rings. The van der Waals surface area contributed by atoms with Gasteiger partial charge in [0.15, 0.2) is 0 Å². The molecule has 0 heterocycles. The number of aldehydes is 2. The van der Waals surface area contributed by atoms with Crippen molar-refractivity contribution in [3.63, 3.8) is 0 Å². The van der Waals surface area contributed by atoms with Crippen molar-refractivity contribution >= 4 is 12.6 Å². The highest BCUT2D eigenvalue weighted by Crippen LogP contribution is 2.06. The fraction of sp³-hybridized carbons (Fsp3) is 0.800. The van der Waals surface area contributed by atoms with Crippen molar-refractivity contribution < 1.29 is 9.59 Å². The number of hydrogen-bond donors (Lipinski definition) is 0. The summed E-state index contributed by atoms with van der Waals surface area (Å²) in [5.74, 6) is 0. The lowest BCUT2D eigenvalue weighted by molar-refractivity contribution is -0.108. The molecule has 0 bridgehead atoms. The third-order valence-electron chi connectivity index (χ3n) is 1.89. The van der Waals surface area contributed by atoms with E-state index in [-0.39, 0.29) is 0 Å². The third-order valence-corrected chi connectivity index (χ3v) is 1.89. The van der Waals surface area contributed by atoms with Gasteiger partial charge in [-0.3, -0.25) is 0 Å². The fourth-order valence-corrected chi connectivity index (χ4v) is 1.16. The number of carbonyl (C=O) groups is 2. The zero-order chi connectivity index (χ0) is 9.07. The first-order valence-corrected chi connectivity index (χ1v) is 4.79. The summed E-state index contributed by atoms with van der Waals surface area (Å²) in [5, 5.41) is 0. The summed E-state index contributed by atoms with van der Waals surface area (Å²) in [4.78, 5) is 19.9. The molecule has 0 saturated carbocycles. The minimum absolute atomic E-state index is 0.703. The molecule has 0 aliphatic rings. The molecule has 2 heteroatoms. The summed E-state index contributed by atoms with van der Waals surface area (Å²) in [6.45, 7) is 0. The maximum atomic E-state index is 9.94. The Bertz CT molecular complexity index is 96.4. The molecule has 0 aromatic carbocycles. The van der Waals surface area contributed by atoms with Crippen molar-refractivity contribution in [3.8, 4) is 0 Å². The molecule has 2 nitrogen and oxygen atoms in total.